The second-order valence-corrected chi connectivity index (χ2v) is 7.81. The Kier molecular flexibility index (Phi) is 7.51. The SMILES string of the molecule is CC1(C)CN(CC(=O)NC(=O)Nc2ccc3c(c2)OCCCO3)CCC1N.Cl. The number of nitrogens with one attached hydrogen (secondary N) is 2. The van der Waals surface area contributed by atoms with Crippen LogP contribution >= 0.6 is 12.4 Å². The molecule has 2 aliphatic heterocycles. The Bertz CT molecular complexity index is 713. The van der Waals surface area contributed by atoms with Crippen molar-refractivity contribution in [1.82, 2.24) is 10.2 Å². The highest BCUT2D eigenvalue weighted by Gasteiger charge is 2.34. The van der Waals surface area contributed by atoms with Crippen LogP contribution in [0.4, 0.5) is 10.5 Å². The summed E-state index contributed by atoms with van der Waals surface area (Å²) in [6.45, 7) is 7.01. The van der Waals surface area contributed by atoms with Gasteiger partial charge in [0.25, 0.3) is 0 Å². The van der Waals surface area contributed by atoms with Crippen LogP contribution in [0.2, 0.25) is 0 Å². The van der Waals surface area contributed by atoms with Crippen molar-refractivity contribution in [2.24, 2.45) is 11.1 Å². The van der Waals surface area contributed by atoms with Gasteiger partial charge in [0.1, 0.15) is 0 Å². The molecule has 1 aromatic carbocycles. The molecule has 2 aliphatic rings. The first-order valence-corrected chi connectivity index (χ1v) is 9.32. The summed E-state index contributed by atoms with van der Waals surface area (Å²) >= 11 is 0. The molecule has 8 nitrogen and oxygen atoms in total. The molecular weight excluding hydrogens is 384 g/mol. The van der Waals surface area contributed by atoms with E-state index in [2.05, 4.69) is 24.5 Å². The monoisotopic (exact) mass is 412 g/mol. The van der Waals surface area contributed by atoms with E-state index in [0.29, 0.717) is 30.4 Å². The third kappa shape index (κ3) is 5.73. The normalized spacial score (nSPS) is 21.0. The van der Waals surface area contributed by atoms with Gasteiger partial charge in [-0.1, -0.05) is 13.8 Å². The van der Waals surface area contributed by atoms with Gasteiger partial charge in [0.15, 0.2) is 11.5 Å². The van der Waals surface area contributed by atoms with E-state index in [4.69, 9.17) is 15.2 Å². The van der Waals surface area contributed by atoms with Gasteiger partial charge in [-0.25, -0.2) is 4.79 Å². The number of carbonyl (C=O) groups is 2. The van der Waals surface area contributed by atoms with Crippen molar-refractivity contribution >= 4 is 30.0 Å². The summed E-state index contributed by atoms with van der Waals surface area (Å²) in [5, 5.41) is 5.03. The molecule has 1 aromatic rings. The van der Waals surface area contributed by atoms with Crippen LogP contribution in [0.1, 0.15) is 26.7 Å². The second kappa shape index (κ2) is 9.45. The molecule has 3 rings (SSSR count). The van der Waals surface area contributed by atoms with Gasteiger partial charge < -0.3 is 20.5 Å². The maximum Gasteiger partial charge on any atom is 0.325 e. The number of likely N-dealkylation sites (tertiary alicyclic amines) is 1. The molecule has 2 heterocycles. The first-order chi connectivity index (χ1) is 12.8. The molecular formula is C19H29ClN4O4. The molecule has 1 atom stereocenters. The number of halogens is 1. The maximum atomic E-state index is 12.2. The molecule has 1 unspecified atom stereocenters. The number of carbonyl (C=O) groups excluding carboxylic acids is 2. The fraction of sp³-hybridized carbons (Fsp3) is 0.579. The zero-order valence-corrected chi connectivity index (χ0v) is 17.1. The molecule has 0 spiro atoms. The summed E-state index contributed by atoms with van der Waals surface area (Å²) < 4.78 is 11.2. The number of anilines is 1. The van der Waals surface area contributed by atoms with E-state index in [0.717, 1.165) is 25.9 Å². The first kappa shape index (κ1) is 22.3. The summed E-state index contributed by atoms with van der Waals surface area (Å²) in [7, 11) is 0. The summed E-state index contributed by atoms with van der Waals surface area (Å²) in [6, 6.07) is 4.71. The lowest BCUT2D eigenvalue weighted by atomic mass is 9.80. The van der Waals surface area contributed by atoms with Crippen LogP contribution in [0.5, 0.6) is 11.5 Å². The Morgan fingerprint density at radius 1 is 1.25 bits per heavy atom. The first-order valence-electron chi connectivity index (χ1n) is 9.32. The number of nitrogens with zero attached hydrogens (tertiary/aromatic N) is 1. The van der Waals surface area contributed by atoms with Crippen LogP contribution < -0.4 is 25.8 Å². The third-order valence-electron chi connectivity index (χ3n) is 5.02. The van der Waals surface area contributed by atoms with Crippen molar-refractivity contribution in [2.75, 3.05) is 38.2 Å². The number of urea groups is 1. The van der Waals surface area contributed by atoms with Gasteiger partial charge in [-0.15, -0.1) is 12.4 Å². The number of benzene rings is 1. The zero-order chi connectivity index (χ0) is 19.4. The number of hydrogen-bond donors (Lipinski definition) is 3. The highest BCUT2D eigenvalue weighted by Crippen LogP contribution is 2.32. The summed E-state index contributed by atoms with van der Waals surface area (Å²) in [5.74, 6) is 0.900. The molecule has 0 aromatic heterocycles. The number of piperidine rings is 1. The minimum Gasteiger partial charge on any atom is -0.490 e. The van der Waals surface area contributed by atoms with Gasteiger partial charge in [-0.3, -0.25) is 15.0 Å². The van der Waals surface area contributed by atoms with E-state index in [9.17, 15) is 9.59 Å². The highest BCUT2D eigenvalue weighted by molar-refractivity contribution is 6.01. The lowest BCUT2D eigenvalue weighted by Crippen LogP contribution is -2.54. The lowest BCUT2D eigenvalue weighted by Gasteiger charge is -2.42. The number of nitrogens with two attached hydrogens (primary N) is 1. The highest BCUT2D eigenvalue weighted by atomic mass is 35.5. The van der Waals surface area contributed by atoms with Gasteiger partial charge in [0, 0.05) is 37.3 Å². The van der Waals surface area contributed by atoms with E-state index >= 15 is 0 Å². The molecule has 9 heteroatoms. The molecule has 156 valence electrons. The molecule has 0 radical (unpaired) electrons. The molecule has 0 aliphatic carbocycles. The van der Waals surface area contributed by atoms with Crippen LogP contribution in [0.15, 0.2) is 18.2 Å². The van der Waals surface area contributed by atoms with Crippen LogP contribution in [-0.2, 0) is 4.79 Å². The molecule has 4 N–H and O–H groups in total. The largest absolute Gasteiger partial charge is 0.490 e. The van der Waals surface area contributed by atoms with Crippen molar-refractivity contribution < 1.29 is 19.1 Å². The van der Waals surface area contributed by atoms with Crippen molar-refractivity contribution in [3.05, 3.63) is 18.2 Å². The van der Waals surface area contributed by atoms with Gasteiger partial charge >= 0.3 is 6.03 Å². The summed E-state index contributed by atoms with van der Waals surface area (Å²) in [5.41, 5.74) is 6.61. The van der Waals surface area contributed by atoms with Gasteiger partial charge in [0.2, 0.25) is 5.91 Å². The number of imide groups is 1. The predicted octanol–water partition coefficient (Wildman–Crippen LogP) is 1.98. The quantitative estimate of drug-likeness (QED) is 0.700. The molecule has 0 bridgehead atoms. The summed E-state index contributed by atoms with van der Waals surface area (Å²) in [4.78, 5) is 26.3. The Balaban J connectivity index is 0.00000280. The molecule has 3 amide bonds. The van der Waals surface area contributed by atoms with Gasteiger partial charge in [0.05, 0.1) is 19.8 Å². The number of amides is 3. The maximum absolute atomic E-state index is 12.2. The van der Waals surface area contributed by atoms with Crippen molar-refractivity contribution in [2.45, 2.75) is 32.7 Å². The second-order valence-electron chi connectivity index (χ2n) is 7.81. The van der Waals surface area contributed by atoms with Crippen LogP contribution in [-0.4, -0.2) is 55.7 Å². The van der Waals surface area contributed by atoms with E-state index < -0.39 is 6.03 Å². The minimum atomic E-state index is -0.567. The van der Waals surface area contributed by atoms with Crippen molar-refractivity contribution in [1.29, 1.82) is 0 Å². The van der Waals surface area contributed by atoms with Crippen LogP contribution in [0.25, 0.3) is 0 Å². The topological polar surface area (TPSA) is 106 Å². The average molecular weight is 413 g/mol. The molecule has 1 saturated heterocycles. The fourth-order valence-electron chi connectivity index (χ4n) is 3.39. The van der Waals surface area contributed by atoms with Gasteiger partial charge in [-0.05, 0) is 24.0 Å². The molecule has 1 fully saturated rings. The van der Waals surface area contributed by atoms with Crippen LogP contribution in [0.3, 0.4) is 0 Å². The Hall–Kier alpha value is -2.03. The fourth-order valence-corrected chi connectivity index (χ4v) is 3.39. The Labute approximate surface area is 171 Å². The van der Waals surface area contributed by atoms with E-state index in [1.807, 2.05) is 4.90 Å². The van der Waals surface area contributed by atoms with Crippen molar-refractivity contribution in [3.63, 3.8) is 0 Å². The number of hydrogen-bond acceptors (Lipinski definition) is 6. The standard InChI is InChI=1S/C19H28N4O4.ClH/c1-19(2)12-23(7-6-16(19)20)11-17(24)22-18(25)21-13-4-5-14-15(10-13)27-9-3-8-26-14;/h4-5,10,16H,3,6-9,11-12,20H2,1-2H3,(H2,21,22,24,25);1H. The minimum absolute atomic E-state index is 0. The number of rotatable bonds is 3. The average Bonchev–Trinajstić information content (AvgIpc) is 2.82. The predicted molar refractivity (Wildman–Crippen MR) is 109 cm³/mol. The zero-order valence-electron chi connectivity index (χ0n) is 16.3. The Morgan fingerprint density at radius 3 is 2.68 bits per heavy atom. The summed E-state index contributed by atoms with van der Waals surface area (Å²) in [6.07, 6.45) is 1.65. The lowest BCUT2D eigenvalue weighted by molar-refractivity contribution is -0.121. The Morgan fingerprint density at radius 2 is 1.96 bits per heavy atom. The number of fused-ring (bicyclic) bond motifs is 1. The molecule has 28 heavy (non-hydrogen) atoms. The van der Waals surface area contributed by atoms with E-state index in [1.54, 1.807) is 18.2 Å². The van der Waals surface area contributed by atoms with E-state index in [1.165, 1.54) is 0 Å². The number of ether oxygens (including phenoxy) is 2. The van der Waals surface area contributed by atoms with Crippen LogP contribution in [0, 0.1) is 5.41 Å². The van der Waals surface area contributed by atoms with Crippen molar-refractivity contribution in [3.8, 4) is 11.5 Å². The van der Waals surface area contributed by atoms with Gasteiger partial charge in [-0.2, -0.15) is 0 Å². The molecule has 0 saturated carbocycles. The smallest absolute Gasteiger partial charge is 0.325 e. The van der Waals surface area contributed by atoms with E-state index in [-0.39, 0.29) is 36.3 Å². The third-order valence-corrected chi connectivity index (χ3v) is 5.02.